The summed E-state index contributed by atoms with van der Waals surface area (Å²) in [6.07, 6.45) is 16.3. The summed E-state index contributed by atoms with van der Waals surface area (Å²) in [6.45, 7) is 2.22. The lowest BCUT2D eigenvalue weighted by atomic mass is 9.55. The third kappa shape index (κ3) is 3.75. The van der Waals surface area contributed by atoms with Crippen molar-refractivity contribution in [1.82, 2.24) is 0 Å². The van der Waals surface area contributed by atoms with Gasteiger partial charge in [-0.15, -0.1) is 0 Å². The first-order chi connectivity index (χ1) is 12.6. The molecule has 6 atom stereocenters. The summed E-state index contributed by atoms with van der Waals surface area (Å²) in [5.41, 5.74) is 0.886. The molecule has 4 rings (SSSR count). The van der Waals surface area contributed by atoms with Crippen LogP contribution in [0, 0.1) is 41.2 Å². The van der Waals surface area contributed by atoms with Crippen LogP contribution in [0.2, 0.25) is 0 Å². The minimum atomic E-state index is -0.427. The van der Waals surface area contributed by atoms with Gasteiger partial charge in [0, 0.05) is 6.07 Å². The van der Waals surface area contributed by atoms with Gasteiger partial charge in [-0.3, -0.25) is 0 Å². The normalized spacial score (nSPS) is 37.3. The van der Waals surface area contributed by atoms with E-state index in [0.717, 1.165) is 60.5 Å². The van der Waals surface area contributed by atoms with E-state index < -0.39 is 11.6 Å². The Labute approximate surface area is 157 Å². The van der Waals surface area contributed by atoms with Crippen molar-refractivity contribution in [2.75, 3.05) is 0 Å². The maximum atomic E-state index is 13.6. The topological polar surface area (TPSA) is 0 Å². The third-order valence-electron chi connectivity index (χ3n) is 7.58. The highest BCUT2D eigenvalue weighted by Crippen LogP contribution is 2.54. The predicted molar refractivity (Wildman–Crippen MR) is 103 cm³/mol. The van der Waals surface area contributed by atoms with E-state index in [-0.39, 0.29) is 0 Å². The van der Waals surface area contributed by atoms with Crippen molar-refractivity contribution in [3.63, 3.8) is 0 Å². The van der Waals surface area contributed by atoms with Gasteiger partial charge < -0.3 is 0 Å². The zero-order valence-electron chi connectivity index (χ0n) is 16.0. The van der Waals surface area contributed by atoms with Crippen LogP contribution in [0.25, 0.3) is 0 Å². The van der Waals surface area contributed by atoms with E-state index in [0.29, 0.717) is 5.92 Å². The van der Waals surface area contributed by atoms with Gasteiger partial charge in [-0.25, -0.2) is 8.78 Å². The molecule has 3 aliphatic rings. The summed E-state index contributed by atoms with van der Waals surface area (Å²) < 4.78 is 27.2. The highest BCUT2D eigenvalue weighted by atomic mass is 19.1. The fourth-order valence-electron chi connectivity index (χ4n) is 6.45. The lowest BCUT2D eigenvalue weighted by Crippen LogP contribution is -2.41. The summed E-state index contributed by atoms with van der Waals surface area (Å²) in [5.74, 6) is 3.75. The SMILES string of the molecule is CCC=C[C@@H]1CC[C@H]2[C@H](CC[C@H]3C[C@H](c4cc(F)cc(F)c4)CC[C@@H]32)C1. The Bertz CT molecular complexity index is 629. The number of hydrogen-bond acceptors (Lipinski definition) is 0. The lowest BCUT2D eigenvalue weighted by Gasteiger charge is -2.50. The minimum absolute atomic E-state index is 0.349. The molecule has 3 fully saturated rings. The Kier molecular flexibility index (Phi) is 5.47. The third-order valence-corrected chi connectivity index (χ3v) is 7.58. The van der Waals surface area contributed by atoms with Crippen LogP contribution in [0.1, 0.15) is 76.2 Å². The Morgan fingerprint density at radius 3 is 2.19 bits per heavy atom. The maximum absolute atomic E-state index is 13.6. The molecule has 142 valence electrons. The highest BCUT2D eigenvalue weighted by molar-refractivity contribution is 5.23. The molecule has 0 spiro atoms. The second-order valence-electron chi connectivity index (χ2n) is 9.05. The van der Waals surface area contributed by atoms with E-state index in [4.69, 9.17) is 0 Å². The van der Waals surface area contributed by atoms with Crippen molar-refractivity contribution in [3.8, 4) is 0 Å². The molecule has 26 heavy (non-hydrogen) atoms. The lowest BCUT2D eigenvalue weighted by molar-refractivity contribution is 0.0127. The van der Waals surface area contributed by atoms with Crippen LogP contribution in [0.15, 0.2) is 30.4 Å². The number of hydrogen-bond donors (Lipinski definition) is 0. The van der Waals surface area contributed by atoms with Gasteiger partial charge in [0.15, 0.2) is 0 Å². The Balaban J connectivity index is 1.41. The first-order valence-electron chi connectivity index (χ1n) is 10.8. The molecule has 1 aromatic carbocycles. The van der Waals surface area contributed by atoms with Gasteiger partial charge in [-0.2, -0.15) is 0 Å². The molecule has 0 N–H and O–H groups in total. The first-order valence-corrected chi connectivity index (χ1v) is 10.8. The average Bonchev–Trinajstić information content (AvgIpc) is 2.64. The van der Waals surface area contributed by atoms with Gasteiger partial charge in [0.25, 0.3) is 0 Å². The van der Waals surface area contributed by atoms with E-state index in [1.165, 1.54) is 38.5 Å². The molecule has 0 aromatic heterocycles. The van der Waals surface area contributed by atoms with Gasteiger partial charge in [0.05, 0.1) is 0 Å². The molecule has 0 nitrogen and oxygen atoms in total. The number of rotatable bonds is 3. The number of allylic oxidation sites excluding steroid dienone is 2. The molecule has 0 aliphatic heterocycles. The number of fused-ring (bicyclic) bond motifs is 3. The van der Waals surface area contributed by atoms with Crippen LogP contribution in [-0.2, 0) is 0 Å². The van der Waals surface area contributed by atoms with Crippen LogP contribution in [0.5, 0.6) is 0 Å². The molecule has 2 heteroatoms. The number of benzene rings is 1. The van der Waals surface area contributed by atoms with E-state index in [1.807, 2.05) is 0 Å². The molecule has 0 amide bonds. The predicted octanol–water partition coefficient (Wildman–Crippen LogP) is 7.26. The molecule has 1 aromatic rings. The quantitative estimate of drug-likeness (QED) is 0.499. The molecule has 0 unspecified atom stereocenters. The highest BCUT2D eigenvalue weighted by Gasteiger charge is 2.44. The van der Waals surface area contributed by atoms with Crippen LogP contribution in [0.3, 0.4) is 0 Å². The van der Waals surface area contributed by atoms with Crippen LogP contribution >= 0.6 is 0 Å². The zero-order chi connectivity index (χ0) is 18.1. The molecule has 3 saturated carbocycles. The summed E-state index contributed by atoms with van der Waals surface area (Å²) >= 11 is 0. The van der Waals surface area contributed by atoms with Crippen molar-refractivity contribution in [2.24, 2.45) is 29.6 Å². The summed E-state index contributed by atoms with van der Waals surface area (Å²) in [4.78, 5) is 0. The Hall–Kier alpha value is -1.18. The molecule has 0 heterocycles. The largest absolute Gasteiger partial charge is 0.207 e. The molecular formula is C24H32F2. The van der Waals surface area contributed by atoms with Gasteiger partial charge in [0.1, 0.15) is 11.6 Å². The standard InChI is InChI=1S/C24H32F2/c1-2-3-4-16-5-9-23-18(11-16)6-7-19-12-17(8-10-24(19)23)20-13-21(25)15-22(26)14-20/h3-4,13-19,23-24H,2,5-12H2,1H3/t16-,17-,18-,19+,23+,24+/m1/s1. The van der Waals surface area contributed by atoms with E-state index in [1.54, 1.807) is 12.1 Å². The summed E-state index contributed by atoms with van der Waals surface area (Å²) in [7, 11) is 0. The molecule has 0 radical (unpaired) electrons. The van der Waals surface area contributed by atoms with E-state index in [2.05, 4.69) is 19.1 Å². The van der Waals surface area contributed by atoms with Crippen molar-refractivity contribution in [3.05, 3.63) is 47.5 Å². The van der Waals surface area contributed by atoms with Crippen LogP contribution < -0.4 is 0 Å². The summed E-state index contributed by atoms with van der Waals surface area (Å²) in [5, 5.41) is 0. The van der Waals surface area contributed by atoms with E-state index >= 15 is 0 Å². The van der Waals surface area contributed by atoms with Crippen molar-refractivity contribution >= 4 is 0 Å². The van der Waals surface area contributed by atoms with Crippen LogP contribution in [0.4, 0.5) is 8.78 Å². The second-order valence-corrected chi connectivity index (χ2v) is 9.05. The average molecular weight is 359 g/mol. The van der Waals surface area contributed by atoms with Gasteiger partial charge in [-0.05, 0) is 111 Å². The Morgan fingerprint density at radius 1 is 0.846 bits per heavy atom. The van der Waals surface area contributed by atoms with E-state index in [9.17, 15) is 8.78 Å². The van der Waals surface area contributed by atoms with Crippen molar-refractivity contribution in [2.45, 2.75) is 70.6 Å². The van der Waals surface area contributed by atoms with Crippen molar-refractivity contribution in [1.29, 1.82) is 0 Å². The second kappa shape index (κ2) is 7.82. The van der Waals surface area contributed by atoms with Gasteiger partial charge in [0.2, 0.25) is 0 Å². The molecule has 0 bridgehead atoms. The fraction of sp³-hybridized carbons (Fsp3) is 0.667. The Morgan fingerprint density at radius 2 is 1.50 bits per heavy atom. The minimum Gasteiger partial charge on any atom is -0.207 e. The zero-order valence-corrected chi connectivity index (χ0v) is 16.0. The number of halogens is 2. The monoisotopic (exact) mass is 358 g/mol. The smallest absolute Gasteiger partial charge is 0.126 e. The van der Waals surface area contributed by atoms with Crippen LogP contribution in [-0.4, -0.2) is 0 Å². The first kappa shape index (κ1) is 18.2. The van der Waals surface area contributed by atoms with Crippen molar-refractivity contribution < 1.29 is 8.78 Å². The summed E-state index contributed by atoms with van der Waals surface area (Å²) in [6, 6.07) is 4.11. The molecule has 3 aliphatic carbocycles. The maximum Gasteiger partial charge on any atom is 0.126 e. The van der Waals surface area contributed by atoms with Gasteiger partial charge in [-0.1, -0.05) is 19.1 Å². The van der Waals surface area contributed by atoms with Gasteiger partial charge >= 0.3 is 0 Å². The fourth-order valence-corrected chi connectivity index (χ4v) is 6.45. The molecular weight excluding hydrogens is 326 g/mol. The molecule has 0 saturated heterocycles.